The zero-order chi connectivity index (χ0) is 16.9. The van der Waals surface area contributed by atoms with Gasteiger partial charge in [-0.05, 0) is 50.1 Å². The van der Waals surface area contributed by atoms with Gasteiger partial charge in [-0.2, -0.15) is 0 Å². The molecule has 0 atom stereocenters. The molecule has 0 bridgehead atoms. The van der Waals surface area contributed by atoms with E-state index in [0.717, 1.165) is 33.7 Å². The lowest BCUT2D eigenvalue weighted by Crippen LogP contribution is -1.81. The van der Waals surface area contributed by atoms with Gasteiger partial charge in [0.25, 0.3) is 0 Å². The topological polar surface area (TPSA) is 41.0 Å². The molecule has 120 valence electrons. The molecule has 3 heteroatoms. The standard InChI is InChI=1S/C21H21N3/c1-4-5-8-16(3)21-23-19-11-10-18(13-20(19)24-21)22-14-17-9-6-7-15(2)12-17/h4-14H,1-3H3,(H,23,24)/b5-4-,16-8+,22-14?. The summed E-state index contributed by atoms with van der Waals surface area (Å²) < 4.78 is 0. The molecule has 1 aromatic heterocycles. The van der Waals surface area contributed by atoms with Crippen molar-refractivity contribution in [2.45, 2.75) is 20.8 Å². The van der Waals surface area contributed by atoms with Crippen LogP contribution in [0.3, 0.4) is 0 Å². The third-order valence-electron chi connectivity index (χ3n) is 3.78. The van der Waals surface area contributed by atoms with Gasteiger partial charge in [-0.25, -0.2) is 4.98 Å². The predicted octanol–water partition coefficient (Wildman–Crippen LogP) is 5.60. The fourth-order valence-electron chi connectivity index (χ4n) is 2.48. The van der Waals surface area contributed by atoms with E-state index in [-0.39, 0.29) is 0 Å². The van der Waals surface area contributed by atoms with Gasteiger partial charge >= 0.3 is 0 Å². The number of benzene rings is 2. The summed E-state index contributed by atoms with van der Waals surface area (Å²) in [5.41, 5.74) is 6.30. The van der Waals surface area contributed by atoms with Crippen LogP contribution in [-0.4, -0.2) is 16.2 Å². The summed E-state index contributed by atoms with van der Waals surface area (Å²) in [7, 11) is 0. The molecule has 0 aliphatic heterocycles. The highest BCUT2D eigenvalue weighted by Crippen LogP contribution is 2.22. The Bertz CT molecular complexity index is 943. The van der Waals surface area contributed by atoms with Crippen molar-refractivity contribution in [3.63, 3.8) is 0 Å². The van der Waals surface area contributed by atoms with Gasteiger partial charge in [0.15, 0.2) is 0 Å². The summed E-state index contributed by atoms with van der Waals surface area (Å²) in [6, 6.07) is 14.3. The molecular weight excluding hydrogens is 294 g/mol. The number of allylic oxidation sites excluding steroid dienone is 4. The van der Waals surface area contributed by atoms with Crippen LogP contribution in [0.15, 0.2) is 65.7 Å². The van der Waals surface area contributed by atoms with Crippen molar-refractivity contribution in [2.75, 3.05) is 0 Å². The first-order chi connectivity index (χ1) is 11.7. The maximum atomic E-state index is 4.63. The second-order valence-electron chi connectivity index (χ2n) is 5.83. The van der Waals surface area contributed by atoms with Crippen LogP contribution in [0.2, 0.25) is 0 Å². The van der Waals surface area contributed by atoms with Crippen molar-refractivity contribution in [1.29, 1.82) is 0 Å². The number of fused-ring (bicyclic) bond motifs is 1. The van der Waals surface area contributed by atoms with Crippen molar-refractivity contribution in [3.05, 3.63) is 77.6 Å². The first-order valence-electron chi connectivity index (χ1n) is 8.06. The number of rotatable bonds is 4. The number of nitrogens with zero attached hydrogens (tertiary/aromatic N) is 2. The summed E-state index contributed by atoms with van der Waals surface area (Å²) >= 11 is 0. The minimum absolute atomic E-state index is 0.892. The van der Waals surface area contributed by atoms with Crippen LogP contribution in [0.25, 0.3) is 16.6 Å². The maximum absolute atomic E-state index is 4.63. The number of hydrogen-bond donors (Lipinski definition) is 1. The molecule has 0 saturated heterocycles. The van der Waals surface area contributed by atoms with Gasteiger partial charge in [0.1, 0.15) is 5.82 Å². The highest BCUT2D eigenvalue weighted by molar-refractivity contribution is 5.85. The first-order valence-corrected chi connectivity index (χ1v) is 8.06. The number of aliphatic imine (C=N–C) groups is 1. The Balaban J connectivity index is 1.88. The molecule has 0 saturated carbocycles. The summed E-state index contributed by atoms with van der Waals surface area (Å²) in [5, 5.41) is 0. The Hall–Kier alpha value is -2.94. The zero-order valence-electron chi connectivity index (χ0n) is 14.2. The van der Waals surface area contributed by atoms with Crippen LogP contribution in [0.5, 0.6) is 0 Å². The van der Waals surface area contributed by atoms with E-state index in [1.54, 1.807) is 0 Å². The van der Waals surface area contributed by atoms with Crippen LogP contribution in [0.4, 0.5) is 5.69 Å². The summed E-state index contributed by atoms with van der Waals surface area (Å²) in [5.74, 6) is 0.892. The summed E-state index contributed by atoms with van der Waals surface area (Å²) in [6.07, 6.45) is 7.96. The van der Waals surface area contributed by atoms with Crippen molar-refractivity contribution in [3.8, 4) is 0 Å². The molecule has 1 heterocycles. The molecule has 1 N–H and O–H groups in total. The number of aromatic amines is 1. The highest BCUT2D eigenvalue weighted by atomic mass is 14.9. The van der Waals surface area contributed by atoms with Gasteiger partial charge in [-0.1, -0.05) is 48.1 Å². The van der Waals surface area contributed by atoms with Crippen LogP contribution >= 0.6 is 0 Å². The first kappa shape index (κ1) is 15.9. The second-order valence-corrected chi connectivity index (χ2v) is 5.83. The quantitative estimate of drug-likeness (QED) is 0.494. The SMILES string of the molecule is C/C=C\C=C(/C)c1nc2ccc(N=Cc3cccc(C)c3)cc2[nH]1. The molecule has 0 aliphatic rings. The molecule has 3 rings (SSSR count). The van der Waals surface area contributed by atoms with Crippen LogP contribution in [0.1, 0.15) is 30.8 Å². The van der Waals surface area contributed by atoms with Gasteiger partial charge < -0.3 is 4.98 Å². The highest BCUT2D eigenvalue weighted by Gasteiger charge is 2.04. The van der Waals surface area contributed by atoms with E-state index >= 15 is 0 Å². The molecule has 0 unspecified atom stereocenters. The molecule has 0 radical (unpaired) electrons. The summed E-state index contributed by atoms with van der Waals surface area (Å²) in [6.45, 7) is 6.13. The second kappa shape index (κ2) is 7.09. The van der Waals surface area contributed by atoms with E-state index in [0.29, 0.717) is 0 Å². The van der Waals surface area contributed by atoms with Crippen LogP contribution in [-0.2, 0) is 0 Å². The molecular formula is C21H21N3. The van der Waals surface area contributed by atoms with Crippen LogP contribution < -0.4 is 0 Å². The van der Waals surface area contributed by atoms with E-state index in [1.165, 1.54) is 5.56 Å². The fourth-order valence-corrected chi connectivity index (χ4v) is 2.48. The molecule has 2 aromatic carbocycles. The minimum atomic E-state index is 0.892. The zero-order valence-corrected chi connectivity index (χ0v) is 14.2. The molecule has 0 amide bonds. The molecule has 3 aromatic rings. The lowest BCUT2D eigenvalue weighted by atomic mass is 10.1. The lowest BCUT2D eigenvalue weighted by molar-refractivity contribution is 1.25. The Kier molecular flexibility index (Phi) is 4.71. The van der Waals surface area contributed by atoms with E-state index in [4.69, 9.17) is 0 Å². The molecule has 24 heavy (non-hydrogen) atoms. The average Bonchev–Trinajstić information content (AvgIpc) is 3.01. The van der Waals surface area contributed by atoms with Gasteiger partial charge in [0, 0.05) is 6.21 Å². The summed E-state index contributed by atoms with van der Waals surface area (Å²) in [4.78, 5) is 12.6. The maximum Gasteiger partial charge on any atom is 0.134 e. The van der Waals surface area contributed by atoms with E-state index < -0.39 is 0 Å². The van der Waals surface area contributed by atoms with E-state index in [1.807, 2.05) is 49.6 Å². The number of aromatic nitrogens is 2. The van der Waals surface area contributed by atoms with Crippen molar-refractivity contribution in [1.82, 2.24) is 9.97 Å². The Morgan fingerprint density at radius 1 is 1.17 bits per heavy atom. The third kappa shape index (κ3) is 3.69. The lowest BCUT2D eigenvalue weighted by Gasteiger charge is -1.96. The van der Waals surface area contributed by atoms with Gasteiger partial charge in [0.05, 0.1) is 16.7 Å². The molecule has 3 nitrogen and oxygen atoms in total. The van der Waals surface area contributed by atoms with Crippen LogP contribution in [0, 0.1) is 6.92 Å². The van der Waals surface area contributed by atoms with Gasteiger partial charge in [-0.15, -0.1) is 0 Å². The Morgan fingerprint density at radius 3 is 2.83 bits per heavy atom. The normalized spacial score (nSPS) is 12.7. The molecule has 0 aliphatic carbocycles. The van der Waals surface area contributed by atoms with Gasteiger partial charge in [0.2, 0.25) is 0 Å². The average molecular weight is 315 g/mol. The van der Waals surface area contributed by atoms with Crippen molar-refractivity contribution in [2.24, 2.45) is 4.99 Å². The van der Waals surface area contributed by atoms with E-state index in [9.17, 15) is 0 Å². The molecule has 0 spiro atoms. The number of H-pyrrole nitrogens is 1. The van der Waals surface area contributed by atoms with Crippen molar-refractivity contribution < 1.29 is 0 Å². The Morgan fingerprint density at radius 2 is 2.04 bits per heavy atom. The van der Waals surface area contributed by atoms with Crippen molar-refractivity contribution >= 4 is 28.5 Å². The third-order valence-corrected chi connectivity index (χ3v) is 3.78. The van der Waals surface area contributed by atoms with E-state index in [2.05, 4.69) is 53.1 Å². The Labute approximate surface area is 142 Å². The fraction of sp³-hybridized carbons (Fsp3) is 0.143. The smallest absolute Gasteiger partial charge is 0.134 e. The number of nitrogens with one attached hydrogen (secondary N) is 1. The molecule has 0 fully saturated rings. The predicted molar refractivity (Wildman–Crippen MR) is 103 cm³/mol. The largest absolute Gasteiger partial charge is 0.338 e. The number of imidazole rings is 1. The minimum Gasteiger partial charge on any atom is -0.338 e. The van der Waals surface area contributed by atoms with Gasteiger partial charge in [-0.3, -0.25) is 4.99 Å². The number of aryl methyl sites for hydroxylation is 1. The monoisotopic (exact) mass is 315 g/mol. The number of hydrogen-bond acceptors (Lipinski definition) is 2.